The van der Waals surface area contributed by atoms with Gasteiger partial charge < -0.3 is 19.5 Å². The van der Waals surface area contributed by atoms with Gasteiger partial charge in [0.05, 0.1) is 36.6 Å². The molecule has 0 radical (unpaired) electrons. The number of nitriles is 1. The largest absolute Gasteiger partial charge is 0.376 e. The highest BCUT2D eigenvalue weighted by Gasteiger charge is 2.48. The van der Waals surface area contributed by atoms with Crippen molar-refractivity contribution in [2.45, 2.75) is 24.4 Å². The molecule has 0 bridgehead atoms. The number of hydrogen-bond acceptors (Lipinski definition) is 7. The maximum atomic E-state index is 9.05. The molecule has 2 aliphatic rings. The van der Waals surface area contributed by atoms with Crippen molar-refractivity contribution in [2.24, 2.45) is 0 Å². The Balaban J connectivity index is 1.52. The smallest absolute Gasteiger partial charge is 0.223 e. The molecule has 2 saturated heterocycles. The molecule has 0 spiro atoms. The second kappa shape index (κ2) is 6.76. The van der Waals surface area contributed by atoms with E-state index in [9.17, 15) is 0 Å². The van der Waals surface area contributed by atoms with E-state index < -0.39 is 0 Å². The van der Waals surface area contributed by atoms with Crippen LogP contribution in [-0.2, 0) is 14.2 Å². The lowest BCUT2D eigenvalue weighted by Crippen LogP contribution is -2.36. The fraction of sp³-hybridized carbons (Fsp3) is 0.389. The number of hydrogen-bond donors (Lipinski definition) is 1. The molecule has 1 N–H and O–H groups in total. The molecule has 0 amide bonds. The van der Waals surface area contributed by atoms with E-state index in [0.29, 0.717) is 24.7 Å². The number of methoxy groups -OCH3 is 1. The van der Waals surface area contributed by atoms with Gasteiger partial charge in [-0.1, -0.05) is 12.1 Å². The molecule has 2 aliphatic heterocycles. The normalized spacial score (nSPS) is 27.7. The van der Waals surface area contributed by atoms with Crippen LogP contribution in [-0.4, -0.2) is 54.6 Å². The fourth-order valence-corrected chi connectivity index (χ4v) is 3.29. The first-order valence-electron chi connectivity index (χ1n) is 8.14. The molecular formula is C18H18N4O3. The molecule has 1 aromatic heterocycles. The van der Waals surface area contributed by atoms with Crippen molar-refractivity contribution in [1.29, 1.82) is 5.26 Å². The Hall–Kier alpha value is -2.53. The van der Waals surface area contributed by atoms with Crippen LogP contribution in [0.3, 0.4) is 0 Å². The van der Waals surface area contributed by atoms with Crippen molar-refractivity contribution in [3.8, 4) is 17.3 Å². The first-order chi connectivity index (χ1) is 12.3. The predicted octanol–water partition coefficient (Wildman–Crippen LogP) is 1.61. The van der Waals surface area contributed by atoms with Crippen molar-refractivity contribution < 1.29 is 14.2 Å². The Labute approximate surface area is 145 Å². The molecule has 0 saturated carbocycles. The maximum Gasteiger partial charge on any atom is 0.223 e. The van der Waals surface area contributed by atoms with Crippen LogP contribution in [0.15, 0.2) is 36.5 Å². The third-order valence-electron chi connectivity index (χ3n) is 4.57. The first kappa shape index (κ1) is 16.0. The highest BCUT2D eigenvalue weighted by atomic mass is 16.6. The lowest BCUT2D eigenvalue weighted by atomic mass is 10.1. The summed E-state index contributed by atoms with van der Waals surface area (Å²) in [4.78, 5) is 8.86. The van der Waals surface area contributed by atoms with E-state index >= 15 is 0 Å². The van der Waals surface area contributed by atoms with Gasteiger partial charge in [-0.2, -0.15) is 5.26 Å². The molecule has 25 heavy (non-hydrogen) atoms. The van der Waals surface area contributed by atoms with E-state index in [2.05, 4.69) is 21.4 Å². The Morgan fingerprint density at radius 1 is 1.24 bits per heavy atom. The molecule has 0 aliphatic carbocycles. The third kappa shape index (κ3) is 3.07. The molecular weight excluding hydrogens is 320 g/mol. The average molecular weight is 338 g/mol. The minimum absolute atomic E-state index is 0.0224. The quantitative estimate of drug-likeness (QED) is 0.906. The number of fused-ring (bicyclic) bond motifs is 1. The first-order valence-corrected chi connectivity index (χ1v) is 8.14. The average Bonchev–Trinajstić information content (AvgIpc) is 3.25. The summed E-state index contributed by atoms with van der Waals surface area (Å²) < 4.78 is 17.0. The standard InChI is InChI=1S/C18H18N4O3/c1-23-15-10-25-16-14(9-24-17(15)16)22-18-20-6-5-13(21-18)12-4-2-3-11(7-12)8-19/h2-7,14-17H,9-10H2,1H3,(H,20,21,22)/t14-,15-,16-,17+/m0/s1. The summed E-state index contributed by atoms with van der Waals surface area (Å²) in [5.74, 6) is 0.513. The summed E-state index contributed by atoms with van der Waals surface area (Å²) in [5.41, 5.74) is 2.23. The van der Waals surface area contributed by atoms with Gasteiger partial charge in [-0.05, 0) is 18.2 Å². The van der Waals surface area contributed by atoms with Gasteiger partial charge in [-0.15, -0.1) is 0 Å². The molecule has 2 aromatic rings. The second-order valence-corrected chi connectivity index (χ2v) is 6.08. The summed E-state index contributed by atoms with van der Waals surface area (Å²) in [6.07, 6.45) is 1.54. The van der Waals surface area contributed by atoms with Crippen LogP contribution in [0.2, 0.25) is 0 Å². The lowest BCUT2D eigenvalue weighted by Gasteiger charge is -2.17. The van der Waals surface area contributed by atoms with Crippen molar-refractivity contribution in [3.63, 3.8) is 0 Å². The fourth-order valence-electron chi connectivity index (χ4n) is 3.29. The zero-order valence-electron chi connectivity index (χ0n) is 13.8. The number of benzene rings is 1. The summed E-state index contributed by atoms with van der Waals surface area (Å²) in [5, 5.41) is 12.4. The van der Waals surface area contributed by atoms with E-state index in [4.69, 9.17) is 19.5 Å². The number of nitrogens with one attached hydrogen (secondary N) is 1. The Kier molecular flexibility index (Phi) is 4.32. The molecule has 7 nitrogen and oxygen atoms in total. The number of rotatable bonds is 4. The lowest BCUT2D eigenvalue weighted by molar-refractivity contribution is -0.00757. The van der Waals surface area contributed by atoms with Gasteiger partial charge >= 0.3 is 0 Å². The van der Waals surface area contributed by atoms with Crippen LogP contribution in [0.5, 0.6) is 0 Å². The van der Waals surface area contributed by atoms with Gasteiger partial charge in [0.2, 0.25) is 5.95 Å². The number of nitrogens with zero attached hydrogens (tertiary/aromatic N) is 3. The number of anilines is 1. The third-order valence-corrected chi connectivity index (χ3v) is 4.57. The van der Waals surface area contributed by atoms with Gasteiger partial charge in [0.15, 0.2) is 0 Å². The summed E-state index contributed by atoms with van der Waals surface area (Å²) >= 11 is 0. The van der Waals surface area contributed by atoms with Gasteiger partial charge in [0.25, 0.3) is 0 Å². The van der Waals surface area contributed by atoms with E-state index in [1.807, 2.05) is 24.3 Å². The van der Waals surface area contributed by atoms with E-state index in [1.54, 1.807) is 19.4 Å². The van der Waals surface area contributed by atoms with Crippen LogP contribution in [0.1, 0.15) is 5.56 Å². The Morgan fingerprint density at radius 2 is 2.12 bits per heavy atom. The SMILES string of the molecule is CO[C@H]1CO[C@@H]2[C@@H]1OC[C@@H]2Nc1nccc(-c2cccc(C#N)c2)n1. The number of aromatic nitrogens is 2. The van der Waals surface area contributed by atoms with Crippen molar-refractivity contribution >= 4 is 5.95 Å². The summed E-state index contributed by atoms with van der Waals surface area (Å²) in [6.45, 7) is 1.05. The summed E-state index contributed by atoms with van der Waals surface area (Å²) in [7, 11) is 1.67. The predicted molar refractivity (Wildman–Crippen MR) is 89.9 cm³/mol. The molecule has 0 unspecified atom stereocenters. The van der Waals surface area contributed by atoms with Crippen LogP contribution < -0.4 is 5.32 Å². The van der Waals surface area contributed by atoms with Crippen molar-refractivity contribution in [1.82, 2.24) is 9.97 Å². The monoisotopic (exact) mass is 338 g/mol. The maximum absolute atomic E-state index is 9.05. The molecule has 2 fully saturated rings. The van der Waals surface area contributed by atoms with E-state index in [0.717, 1.165) is 11.3 Å². The van der Waals surface area contributed by atoms with E-state index in [-0.39, 0.29) is 24.4 Å². The van der Waals surface area contributed by atoms with Crippen LogP contribution >= 0.6 is 0 Å². The van der Waals surface area contributed by atoms with Crippen LogP contribution in [0, 0.1) is 11.3 Å². The van der Waals surface area contributed by atoms with E-state index in [1.165, 1.54) is 0 Å². The minimum atomic E-state index is -0.0703. The molecule has 3 heterocycles. The van der Waals surface area contributed by atoms with Crippen molar-refractivity contribution in [2.75, 3.05) is 25.6 Å². The van der Waals surface area contributed by atoms with Gasteiger partial charge in [0.1, 0.15) is 18.3 Å². The van der Waals surface area contributed by atoms with Gasteiger partial charge in [-0.25, -0.2) is 9.97 Å². The van der Waals surface area contributed by atoms with Crippen molar-refractivity contribution in [3.05, 3.63) is 42.1 Å². The minimum Gasteiger partial charge on any atom is -0.376 e. The Bertz CT molecular complexity index is 807. The molecule has 128 valence electrons. The van der Waals surface area contributed by atoms with Gasteiger partial charge in [-0.3, -0.25) is 0 Å². The zero-order chi connectivity index (χ0) is 17.2. The number of ether oxygens (including phenoxy) is 3. The Morgan fingerprint density at radius 3 is 2.96 bits per heavy atom. The van der Waals surface area contributed by atoms with Gasteiger partial charge in [0, 0.05) is 18.9 Å². The second-order valence-electron chi connectivity index (χ2n) is 6.08. The summed E-state index contributed by atoms with van der Waals surface area (Å²) in [6, 6.07) is 11.3. The topological polar surface area (TPSA) is 89.3 Å². The highest BCUT2D eigenvalue weighted by molar-refractivity contribution is 5.62. The molecule has 1 aromatic carbocycles. The van der Waals surface area contributed by atoms with Crippen LogP contribution in [0.4, 0.5) is 5.95 Å². The highest BCUT2D eigenvalue weighted by Crippen LogP contribution is 2.30. The molecule has 4 atom stereocenters. The molecule has 7 heteroatoms. The van der Waals surface area contributed by atoms with Crippen LogP contribution in [0.25, 0.3) is 11.3 Å². The molecule has 4 rings (SSSR count). The zero-order valence-corrected chi connectivity index (χ0v) is 13.8.